The van der Waals surface area contributed by atoms with Crippen LogP contribution in [0.25, 0.3) is 0 Å². The molecule has 2 rings (SSSR count). The summed E-state index contributed by atoms with van der Waals surface area (Å²) in [6.07, 6.45) is 0. The molecule has 0 fully saturated rings. The fourth-order valence-electron chi connectivity index (χ4n) is 2.13. The van der Waals surface area contributed by atoms with Crippen LogP contribution < -0.4 is 15.4 Å². The molecule has 0 heterocycles. The molecule has 2 aromatic rings. The molecule has 0 bridgehead atoms. The fraction of sp³-hybridized carbons (Fsp3) is 0.125. The average Bonchev–Trinajstić information content (AvgIpc) is 2.63. The number of ether oxygens (including phenoxy) is 1. The molecule has 1 amide bonds. The van der Waals surface area contributed by atoms with Crippen LogP contribution in [0.3, 0.4) is 0 Å². The van der Waals surface area contributed by atoms with Crippen molar-refractivity contribution >= 4 is 56.2 Å². The zero-order chi connectivity index (χ0) is 20.8. The van der Waals surface area contributed by atoms with E-state index in [4.69, 9.17) is 17.0 Å². The van der Waals surface area contributed by atoms with Crippen LogP contribution in [0, 0.1) is 20.2 Å². The van der Waals surface area contributed by atoms with E-state index in [2.05, 4.69) is 26.6 Å². The number of carbonyl (C=O) groups excluding carboxylic acids is 1. The Balaban J connectivity index is 2.12. The summed E-state index contributed by atoms with van der Waals surface area (Å²) in [5, 5.41) is 26.9. The first-order valence-electron chi connectivity index (χ1n) is 7.70. The van der Waals surface area contributed by atoms with Crippen LogP contribution in [-0.4, -0.2) is 27.5 Å². The van der Waals surface area contributed by atoms with Gasteiger partial charge in [0.1, 0.15) is 0 Å². The van der Waals surface area contributed by atoms with E-state index < -0.39 is 15.8 Å². The van der Waals surface area contributed by atoms with Crippen LogP contribution in [0.2, 0.25) is 0 Å². The van der Waals surface area contributed by atoms with Crippen molar-refractivity contribution < 1.29 is 19.4 Å². The lowest BCUT2D eigenvalue weighted by Gasteiger charge is -2.11. The summed E-state index contributed by atoms with van der Waals surface area (Å²) in [5.41, 5.74) is -0.0452. The Morgan fingerprint density at radius 2 is 1.89 bits per heavy atom. The second kappa shape index (κ2) is 9.19. The van der Waals surface area contributed by atoms with Gasteiger partial charge in [0.15, 0.2) is 10.9 Å². The van der Waals surface area contributed by atoms with Gasteiger partial charge in [0.2, 0.25) is 0 Å². The summed E-state index contributed by atoms with van der Waals surface area (Å²) in [7, 11) is 0. The van der Waals surface area contributed by atoms with Crippen LogP contribution in [0.1, 0.15) is 17.3 Å². The van der Waals surface area contributed by atoms with Crippen molar-refractivity contribution in [2.24, 2.45) is 0 Å². The number of benzene rings is 2. The first kappa shape index (κ1) is 21.2. The molecule has 0 unspecified atom stereocenters. The molecule has 0 spiro atoms. The number of carbonyl (C=O) groups is 1. The van der Waals surface area contributed by atoms with E-state index >= 15 is 0 Å². The molecule has 0 saturated carbocycles. The van der Waals surface area contributed by atoms with Gasteiger partial charge in [0.25, 0.3) is 11.6 Å². The summed E-state index contributed by atoms with van der Waals surface area (Å²) < 4.78 is 5.54. The van der Waals surface area contributed by atoms with E-state index in [1.54, 1.807) is 6.92 Å². The SMILES string of the molecule is CCOc1ccc(C(=O)NC(=S)Nc2ccc([N+](=O)[O-])cc2Br)cc1[N+](=O)[O-]. The van der Waals surface area contributed by atoms with Gasteiger partial charge in [-0.15, -0.1) is 0 Å². The highest BCUT2D eigenvalue weighted by Crippen LogP contribution is 2.28. The summed E-state index contributed by atoms with van der Waals surface area (Å²) in [6.45, 7) is 1.93. The van der Waals surface area contributed by atoms with Crippen LogP contribution in [-0.2, 0) is 0 Å². The van der Waals surface area contributed by atoms with Crippen LogP contribution in [0.5, 0.6) is 5.75 Å². The number of nitro benzene ring substituents is 2. The Morgan fingerprint density at radius 3 is 2.46 bits per heavy atom. The molecule has 0 aromatic heterocycles. The molecular formula is C16H13BrN4O6S. The second-order valence-corrected chi connectivity index (χ2v) is 6.46. The van der Waals surface area contributed by atoms with Gasteiger partial charge >= 0.3 is 5.69 Å². The molecule has 0 aliphatic rings. The maximum Gasteiger partial charge on any atom is 0.311 e. The summed E-state index contributed by atoms with van der Waals surface area (Å²) in [6, 6.07) is 7.76. The van der Waals surface area contributed by atoms with E-state index in [0.717, 1.165) is 6.07 Å². The third kappa shape index (κ3) is 5.20. The standard InChI is InChI=1S/C16H13BrN4O6S/c1-2-27-14-6-3-9(7-13(14)21(25)26)15(22)19-16(28)18-12-5-4-10(20(23)24)8-11(12)17/h3-8H,2H2,1H3,(H2,18,19,22,28). The highest BCUT2D eigenvalue weighted by Gasteiger charge is 2.19. The van der Waals surface area contributed by atoms with Crippen LogP contribution in [0.15, 0.2) is 40.9 Å². The molecule has 10 nitrogen and oxygen atoms in total. The minimum atomic E-state index is -0.665. The zero-order valence-electron chi connectivity index (χ0n) is 14.3. The number of thiocarbonyl (C=S) groups is 1. The van der Waals surface area contributed by atoms with Crippen molar-refractivity contribution in [2.75, 3.05) is 11.9 Å². The first-order valence-corrected chi connectivity index (χ1v) is 8.90. The summed E-state index contributed by atoms with van der Waals surface area (Å²) in [4.78, 5) is 33.0. The Labute approximate surface area is 172 Å². The monoisotopic (exact) mass is 468 g/mol. The molecule has 146 valence electrons. The van der Waals surface area contributed by atoms with Crippen LogP contribution in [0.4, 0.5) is 17.1 Å². The molecule has 28 heavy (non-hydrogen) atoms. The van der Waals surface area contributed by atoms with Crippen molar-refractivity contribution in [3.63, 3.8) is 0 Å². The van der Waals surface area contributed by atoms with E-state index in [9.17, 15) is 25.0 Å². The molecule has 0 aliphatic carbocycles. The number of hydrogen-bond donors (Lipinski definition) is 2. The second-order valence-electron chi connectivity index (χ2n) is 5.20. The average molecular weight is 469 g/mol. The molecule has 2 aromatic carbocycles. The number of nitro groups is 2. The quantitative estimate of drug-likeness (QED) is 0.371. The van der Waals surface area contributed by atoms with E-state index in [-0.39, 0.29) is 34.4 Å². The molecule has 2 N–H and O–H groups in total. The third-order valence-electron chi connectivity index (χ3n) is 3.36. The van der Waals surface area contributed by atoms with Gasteiger partial charge in [0.05, 0.1) is 22.1 Å². The highest BCUT2D eigenvalue weighted by molar-refractivity contribution is 9.10. The Bertz CT molecular complexity index is 968. The fourth-order valence-corrected chi connectivity index (χ4v) is 2.80. The molecule has 0 radical (unpaired) electrons. The predicted octanol–water partition coefficient (Wildman–Crippen LogP) is 3.79. The Morgan fingerprint density at radius 1 is 1.18 bits per heavy atom. The van der Waals surface area contributed by atoms with Gasteiger partial charge in [0, 0.05) is 28.2 Å². The van der Waals surface area contributed by atoms with Crippen molar-refractivity contribution in [2.45, 2.75) is 6.92 Å². The van der Waals surface area contributed by atoms with Crippen molar-refractivity contribution in [3.8, 4) is 5.75 Å². The van der Waals surface area contributed by atoms with Gasteiger partial charge < -0.3 is 10.1 Å². The lowest BCUT2D eigenvalue weighted by Crippen LogP contribution is -2.34. The van der Waals surface area contributed by atoms with Crippen molar-refractivity contribution in [1.82, 2.24) is 5.32 Å². The maximum atomic E-state index is 12.3. The largest absolute Gasteiger partial charge is 0.487 e. The molecular weight excluding hydrogens is 456 g/mol. The summed E-state index contributed by atoms with van der Waals surface area (Å²) in [5.74, 6) is -0.610. The van der Waals surface area contributed by atoms with Crippen molar-refractivity contribution in [3.05, 3.63) is 66.7 Å². The number of non-ortho nitro benzene ring substituents is 1. The third-order valence-corrected chi connectivity index (χ3v) is 4.22. The van der Waals surface area contributed by atoms with E-state index in [0.29, 0.717) is 10.2 Å². The zero-order valence-corrected chi connectivity index (χ0v) is 16.7. The maximum absolute atomic E-state index is 12.3. The number of amides is 1. The normalized spacial score (nSPS) is 10.1. The molecule has 0 atom stereocenters. The van der Waals surface area contributed by atoms with Gasteiger partial charge in [-0.25, -0.2) is 0 Å². The lowest BCUT2D eigenvalue weighted by atomic mass is 10.1. The number of nitrogens with one attached hydrogen (secondary N) is 2. The van der Waals surface area contributed by atoms with E-state index in [1.807, 2.05) is 0 Å². The molecule has 12 heteroatoms. The van der Waals surface area contributed by atoms with Crippen molar-refractivity contribution in [1.29, 1.82) is 0 Å². The van der Waals surface area contributed by atoms with Gasteiger partial charge in [-0.3, -0.25) is 30.3 Å². The van der Waals surface area contributed by atoms with E-state index in [1.165, 1.54) is 30.3 Å². The number of nitrogens with zero attached hydrogens (tertiary/aromatic N) is 2. The molecule has 0 saturated heterocycles. The minimum absolute atomic E-state index is 0.0158. The molecule has 0 aliphatic heterocycles. The van der Waals surface area contributed by atoms with Gasteiger partial charge in [-0.1, -0.05) is 0 Å². The van der Waals surface area contributed by atoms with Gasteiger partial charge in [-0.2, -0.15) is 0 Å². The highest BCUT2D eigenvalue weighted by atomic mass is 79.9. The number of halogens is 1. The number of hydrogen-bond acceptors (Lipinski definition) is 7. The topological polar surface area (TPSA) is 137 Å². The smallest absolute Gasteiger partial charge is 0.311 e. The summed E-state index contributed by atoms with van der Waals surface area (Å²) >= 11 is 8.23. The Kier molecular flexibility index (Phi) is 6.95. The first-order chi connectivity index (χ1) is 13.2. The minimum Gasteiger partial charge on any atom is -0.487 e. The Hall–Kier alpha value is -3.12. The van der Waals surface area contributed by atoms with Crippen LogP contribution >= 0.6 is 28.1 Å². The number of rotatable bonds is 6. The van der Waals surface area contributed by atoms with Gasteiger partial charge in [-0.05, 0) is 53.3 Å². The lowest BCUT2D eigenvalue weighted by molar-refractivity contribution is -0.385. The predicted molar refractivity (Wildman–Crippen MR) is 109 cm³/mol. The number of anilines is 1.